The average molecular weight is 246 g/mol. The monoisotopic (exact) mass is 246 g/mol. The molecule has 1 aromatic carbocycles. The van der Waals surface area contributed by atoms with Gasteiger partial charge in [-0.05, 0) is 31.6 Å². The average Bonchev–Trinajstić information content (AvgIpc) is 2.59. The minimum atomic E-state index is -0.197. The summed E-state index contributed by atoms with van der Waals surface area (Å²) in [5.41, 5.74) is 2.35. The molecule has 1 N–H and O–H groups in total. The number of benzene rings is 1. The number of carbonyl (C=O) groups excluding carboxylic acids is 2. The van der Waals surface area contributed by atoms with Crippen molar-refractivity contribution in [1.82, 2.24) is 10.2 Å². The maximum atomic E-state index is 11.5. The molecule has 1 fully saturated rings. The van der Waals surface area contributed by atoms with Gasteiger partial charge in [-0.15, -0.1) is 0 Å². The van der Waals surface area contributed by atoms with Crippen LogP contribution in [0.1, 0.15) is 17.5 Å². The predicted molar refractivity (Wildman–Crippen MR) is 68.8 cm³/mol. The van der Waals surface area contributed by atoms with Gasteiger partial charge in [0.2, 0.25) is 11.8 Å². The molecule has 0 aromatic heterocycles. The van der Waals surface area contributed by atoms with Crippen LogP contribution in [-0.4, -0.2) is 30.8 Å². The van der Waals surface area contributed by atoms with Crippen molar-refractivity contribution in [3.8, 4) is 0 Å². The Morgan fingerprint density at radius 2 is 1.78 bits per heavy atom. The number of nitrogens with zero attached hydrogens (tertiary/aromatic N) is 1. The van der Waals surface area contributed by atoms with E-state index in [9.17, 15) is 9.59 Å². The molecule has 1 aliphatic rings. The molecule has 4 heteroatoms. The Bertz CT molecular complexity index is 451. The SMILES string of the molecule is CN(C)Cc1ccc(CC2CC(=O)NC2=O)cc1. The van der Waals surface area contributed by atoms with Crippen LogP contribution in [0.25, 0.3) is 0 Å². The lowest BCUT2D eigenvalue weighted by Crippen LogP contribution is -2.22. The lowest BCUT2D eigenvalue weighted by Gasteiger charge is -2.11. The topological polar surface area (TPSA) is 49.4 Å². The van der Waals surface area contributed by atoms with Gasteiger partial charge in [0.05, 0.1) is 5.92 Å². The number of rotatable bonds is 4. The molecule has 1 saturated heterocycles. The van der Waals surface area contributed by atoms with Crippen LogP contribution in [0.4, 0.5) is 0 Å². The lowest BCUT2D eigenvalue weighted by molar-refractivity contribution is -0.125. The Kier molecular flexibility index (Phi) is 3.77. The number of imide groups is 1. The quantitative estimate of drug-likeness (QED) is 0.805. The highest BCUT2D eigenvalue weighted by molar-refractivity contribution is 6.03. The zero-order valence-corrected chi connectivity index (χ0v) is 10.8. The molecular formula is C14H18N2O2. The molecule has 1 heterocycles. The molecule has 1 aliphatic heterocycles. The van der Waals surface area contributed by atoms with Crippen LogP contribution in [0.2, 0.25) is 0 Å². The van der Waals surface area contributed by atoms with E-state index >= 15 is 0 Å². The van der Waals surface area contributed by atoms with Gasteiger partial charge in [-0.25, -0.2) is 0 Å². The zero-order valence-electron chi connectivity index (χ0n) is 10.8. The van der Waals surface area contributed by atoms with Gasteiger partial charge in [-0.3, -0.25) is 14.9 Å². The smallest absolute Gasteiger partial charge is 0.230 e. The maximum Gasteiger partial charge on any atom is 0.230 e. The Morgan fingerprint density at radius 3 is 2.28 bits per heavy atom. The third-order valence-corrected chi connectivity index (χ3v) is 3.07. The summed E-state index contributed by atoms with van der Waals surface area (Å²) in [4.78, 5) is 24.7. The van der Waals surface area contributed by atoms with Crippen molar-refractivity contribution < 1.29 is 9.59 Å². The molecule has 0 bridgehead atoms. The predicted octanol–water partition coefficient (Wildman–Crippen LogP) is 0.953. The highest BCUT2D eigenvalue weighted by atomic mass is 16.2. The molecule has 0 radical (unpaired) electrons. The number of hydrogen-bond acceptors (Lipinski definition) is 3. The van der Waals surface area contributed by atoms with E-state index in [-0.39, 0.29) is 17.7 Å². The first-order valence-electron chi connectivity index (χ1n) is 6.11. The van der Waals surface area contributed by atoms with Crippen molar-refractivity contribution in [3.63, 3.8) is 0 Å². The normalized spacial score (nSPS) is 19.4. The molecule has 4 nitrogen and oxygen atoms in total. The first-order chi connectivity index (χ1) is 8.54. The van der Waals surface area contributed by atoms with Gasteiger partial charge in [-0.2, -0.15) is 0 Å². The van der Waals surface area contributed by atoms with Crippen molar-refractivity contribution >= 4 is 11.8 Å². The summed E-state index contributed by atoms with van der Waals surface area (Å²) in [5.74, 6) is -0.496. The molecule has 0 spiro atoms. The Balaban J connectivity index is 1.98. The second-order valence-electron chi connectivity index (χ2n) is 5.07. The van der Waals surface area contributed by atoms with Crippen LogP contribution in [0, 0.1) is 5.92 Å². The van der Waals surface area contributed by atoms with Gasteiger partial charge in [0, 0.05) is 13.0 Å². The van der Waals surface area contributed by atoms with Crippen LogP contribution in [0.5, 0.6) is 0 Å². The zero-order chi connectivity index (χ0) is 13.1. The van der Waals surface area contributed by atoms with Crippen LogP contribution in [0.3, 0.4) is 0 Å². The van der Waals surface area contributed by atoms with Crippen molar-refractivity contribution in [1.29, 1.82) is 0 Å². The third-order valence-electron chi connectivity index (χ3n) is 3.07. The Hall–Kier alpha value is -1.68. The fourth-order valence-electron chi connectivity index (χ4n) is 2.20. The molecule has 1 unspecified atom stereocenters. The van der Waals surface area contributed by atoms with Gasteiger partial charge in [0.15, 0.2) is 0 Å². The summed E-state index contributed by atoms with van der Waals surface area (Å²) in [6.45, 7) is 0.905. The summed E-state index contributed by atoms with van der Waals surface area (Å²) in [6.07, 6.45) is 0.956. The molecule has 2 rings (SSSR count). The second kappa shape index (κ2) is 5.31. The lowest BCUT2D eigenvalue weighted by atomic mass is 9.97. The fourth-order valence-corrected chi connectivity index (χ4v) is 2.20. The molecule has 18 heavy (non-hydrogen) atoms. The van der Waals surface area contributed by atoms with Crippen LogP contribution >= 0.6 is 0 Å². The Labute approximate surface area is 107 Å². The Morgan fingerprint density at radius 1 is 1.17 bits per heavy atom. The summed E-state index contributed by atoms with van der Waals surface area (Å²) < 4.78 is 0. The van der Waals surface area contributed by atoms with Crippen molar-refractivity contribution in [2.45, 2.75) is 19.4 Å². The van der Waals surface area contributed by atoms with Gasteiger partial charge in [0.25, 0.3) is 0 Å². The van der Waals surface area contributed by atoms with Gasteiger partial charge in [0.1, 0.15) is 0 Å². The third kappa shape index (κ3) is 3.17. The summed E-state index contributed by atoms with van der Waals surface area (Å²) in [5, 5.41) is 2.34. The number of amides is 2. The minimum absolute atomic E-state index is 0.141. The van der Waals surface area contributed by atoms with E-state index < -0.39 is 0 Å². The van der Waals surface area contributed by atoms with E-state index in [4.69, 9.17) is 0 Å². The van der Waals surface area contributed by atoms with Crippen LogP contribution < -0.4 is 5.32 Å². The van der Waals surface area contributed by atoms with Gasteiger partial charge >= 0.3 is 0 Å². The van der Waals surface area contributed by atoms with E-state index in [0.717, 1.165) is 12.1 Å². The fraction of sp³-hybridized carbons (Fsp3) is 0.429. The van der Waals surface area contributed by atoms with Crippen LogP contribution in [-0.2, 0) is 22.6 Å². The van der Waals surface area contributed by atoms with Crippen molar-refractivity contribution in [2.75, 3.05) is 14.1 Å². The molecule has 1 atom stereocenters. The van der Waals surface area contributed by atoms with E-state index in [1.54, 1.807) is 0 Å². The second-order valence-corrected chi connectivity index (χ2v) is 5.07. The first kappa shape index (κ1) is 12.8. The highest BCUT2D eigenvalue weighted by Gasteiger charge is 2.30. The summed E-state index contributed by atoms with van der Waals surface area (Å²) in [6, 6.07) is 8.22. The largest absolute Gasteiger partial charge is 0.305 e. The number of hydrogen-bond donors (Lipinski definition) is 1. The van der Waals surface area contributed by atoms with E-state index in [1.807, 2.05) is 26.2 Å². The van der Waals surface area contributed by atoms with E-state index in [1.165, 1.54) is 5.56 Å². The van der Waals surface area contributed by atoms with Gasteiger partial charge < -0.3 is 4.90 Å². The number of carbonyl (C=O) groups is 2. The molecule has 1 aromatic rings. The molecule has 0 aliphatic carbocycles. The van der Waals surface area contributed by atoms with Crippen molar-refractivity contribution in [2.24, 2.45) is 5.92 Å². The standard InChI is InChI=1S/C14H18N2O2/c1-16(2)9-11-5-3-10(4-6-11)7-12-8-13(17)15-14(12)18/h3-6,12H,7-9H2,1-2H3,(H,15,17,18). The minimum Gasteiger partial charge on any atom is -0.305 e. The molecule has 96 valence electrons. The molecular weight excluding hydrogens is 228 g/mol. The first-order valence-corrected chi connectivity index (χ1v) is 6.11. The van der Waals surface area contributed by atoms with Crippen LogP contribution in [0.15, 0.2) is 24.3 Å². The van der Waals surface area contributed by atoms with E-state index in [2.05, 4.69) is 22.3 Å². The highest BCUT2D eigenvalue weighted by Crippen LogP contribution is 2.17. The van der Waals surface area contributed by atoms with E-state index in [0.29, 0.717) is 12.8 Å². The maximum absolute atomic E-state index is 11.5. The summed E-state index contributed by atoms with van der Waals surface area (Å²) in [7, 11) is 4.06. The van der Waals surface area contributed by atoms with Gasteiger partial charge in [-0.1, -0.05) is 24.3 Å². The number of nitrogens with one attached hydrogen (secondary N) is 1. The van der Waals surface area contributed by atoms with Crippen molar-refractivity contribution in [3.05, 3.63) is 35.4 Å². The molecule has 2 amide bonds. The summed E-state index contributed by atoms with van der Waals surface area (Å²) >= 11 is 0. The molecule has 0 saturated carbocycles.